The van der Waals surface area contributed by atoms with Crippen molar-refractivity contribution in [3.8, 4) is 0 Å². The summed E-state index contributed by atoms with van der Waals surface area (Å²) in [6.45, 7) is 2.59. The maximum absolute atomic E-state index is 11.5. The minimum atomic E-state index is -0.600. The molecule has 0 aliphatic carbocycles. The molecule has 0 saturated carbocycles. The fourth-order valence-corrected chi connectivity index (χ4v) is 1.61. The third kappa shape index (κ3) is 10.8. The van der Waals surface area contributed by atoms with E-state index in [0.717, 1.165) is 24.3 Å². The Morgan fingerprint density at radius 1 is 1.00 bits per heavy atom. The molecule has 7 heteroatoms. The molecule has 0 bridgehead atoms. The van der Waals surface area contributed by atoms with Crippen LogP contribution in [0.1, 0.15) is 39.0 Å². The number of carbonyl (C=O) groups excluding carboxylic acids is 3. The Labute approximate surface area is 126 Å². The van der Waals surface area contributed by atoms with Gasteiger partial charge in [0, 0.05) is 26.6 Å². The summed E-state index contributed by atoms with van der Waals surface area (Å²) in [4.78, 5) is 35.1. The standard InChI is InChI=1S/C14H27N3O4/c1-3-4-8-15-12(19)7-5-6-9-16-13(20)10-17(2)14(21)11-18/h18H,3-11H2,1-2H3,(H,15,19)(H,16,20). The van der Waals surface area contributed by atoms with Crippen LogP contribution in [0.4, 0.5) is 0 Å². The molecule has 7 nitrogen and oxygen atoms in total. The van der Waals surface area contributed by atoms with Crippen molar-refractivity contribution in [2.24, 2.45) is 0 Å². The first-order chi connectivity index (χ1) is 10.0. The minimum absolute atomic E-state index is 0.0445. The Hall–Kier alpha value is -1.63. The average molecular weight is 301 g/mol. The molecule has 0 aliphatic rings. The molecule has 0 aromatic carbocycles. The maximum Gasteiger partial charge on any atom is 0.248 e. The van der Waals surface area contributed by atoms with Crippen molar-refractivity contribution in [3.63, 3.8) is 0 Å². The normalized spacial score (nSPS) is 10.0. The van der Waals surface area contributed by atoms with Crippen molar-refractivity contribution in [2.45, 2.75) is 39.0 Å². The van der Waals surface area contributed by atoms with E-state index in [9.17, 15) is 14.4 Å². The van der Waals surface area contributed by atoms with E-state index < -0.39 is 12.5 Å². The lowest BCUT2D eigenvalue weighted by Crippen LogP contribution is -2.39. The van der Waals surface area contributed by atoms with Gasteiger partial charge in [-0.3, -0.25) is 14.4 Å². The van der Waals surface area contributed by atoms with Crippen molar-refractivity contribution in [1.29, 1.82) is 0 Å². The molecule has 0 aromatic heterocycles. The molecule has 3 N–H and O–H groups in total. The number of carbonyl (C=O) groups is 3. The zero-order chi connectivity index (χ0) is 16.1. The van der Waals surface area contributed by atoms with Crippen LogP contribution >= 0.6 is 0 Å². The van der Waals surface area contributed by atoms with E-state index in [-0.39, 0.29) is 18.4 Å². The van der Waals surface area contributed by atoms with Crippen LogP contribution in [0.2, 0.25) is 0 Å². The van der Waals surface area contributed by atoms with Gasteiger partial charge >= 0.3 is 0 Å². The van der Waals surface area contributed by atoms with Crippen LogP contribution in [0.5, 0.6) is 0 Å². The van der Waals surface area contributed by atoms with Crippen LogP contribution in [0.3, 0.4) is 0 Å². The fourth-order valence-electron chi connectivity index (χ4n) is 1.61. The number of hydrogen-bond acceptors (Lipinski definition) is 4. The summed E-state index contributed by atoms with van der Waals surface area (Å²) in [5.74, 6) is -0.719. The van der Waals surface area contributed by atoms with E-state index in [2.05, 4.69) is 17.6 Å². The molecule has 0 atom stereocenters. The smallest absolute Gasteiger partial charge is 0.248 e. The molecule has 0 rings (SSSR count). The van der Waals surface area contributed by atoms with Gasteiger partial charge in [0.1, 0.15) is 6.61 Å². The summed E-state index contributed by atoms with van der Waals surface area (Å²) in [6, 6.07) is 0. The van der Waals surface area contributed by atoms with E-state index in [4.69, 9.17) is 5.11 Å². The van der Waals surface area contributed by atoms with Gasteiger partial charge < -0.3 is 20.6 Å². The van der Waals surface area contributed by atoms with Gasteiger partial charge in [0.2, 0.25) is 17.7 Å². The summed E-state index contributed by atoms with van der Waals surface area (Å²) < 4.78 is 0. The highest BCUT2D eigenvalue weighted by molar-refractivity contribution is 5.84. The number of likely N-dealkylation sites (N-methyl/N-ethyl adjacent to an activating group) is 1. The Kier molecular flexibility index (Phi) is 11.2. The highest BCUT2D eigenvalue weighted by Gasteiger charge is 2.11. The second-order valence-corrected chi connectivity index (χ2v) is 4.92. The molecule has 0 aromatic rings. The van der Waals surface area contributed by atoms with Crippen molar-refractivity contribution in [1.82, 2.24) is 15.5 Å². The molecular weight excluding hydrogens is 274 g/mol. The van der Waals surface area contributed by atoms with Gasteiger partial charge in [-0.2, -0.15) is 0 Å². The largest absolute Gasteiger partial charge is 0.387 e. The second kappa shape index (κ2) is 12.1. The van der Waals surface area contributed by atoms with Gasteiger partial charge in [0.15, 0.2) is 0 Å². The lowest BCUT2D eigenvalue weighted by atomic mass is 10.2. The van der Waals surface area contributed by atoms with E-state index in [1.165, 1.54) is 7.05 Å². The first-order valence-electron chi connectivity index (χ1n) is 7.39. The number of nitrogens with zero attached hydrogens (tertiary/aromatic N) is 1. The molecule has 0 aliphatic heterocycles. The molecule has 0 spiro atoms. The van der Waals surface area contributed by atoms with Gasteiger partial charge in [-0.25, -0.2) is 0 Å². The molecular formula is C14H27N3O4. The Balaban J connectivity index is 3.56. The molecule has 3 amide bonds. The van der Waals surface area contributed by atoms with Gasteiger partial charge in [0.05, 0.1) is 6.54 Å². The molecule has 21 heavy (non-hydrogen) atoms. The summed E-state index contributed by atoms with van der Waals surface area (Å²) >= 11 is 0. The lowest BCUT2D eigenvalue weighted by Gasteiger charge is -2.15. The van der Waals surface area contributed by atoms with Crippen LogP contribution in [0.25, 0.3) is 0 Å². The minimum Gasteiger partial charge on any atom is -0.387 e. The Morgan fingerprint density at radius 3 is 2.24 bits per heavy atom. The third-order valence-corrected chi connectivity index (χ3v) is 2.95. The van der Waals surface area contributed by atoms with Crippen LogP contribution in [-0.2, 0) is 14.4 Å². The first-order valence-corrected chi connectivity index (χ1v) is 7.39. The Bertz CT molecular complexity index is 334. The monoisotopic (exact) mass is 301 g/mol. The van der Waals surface area contributed by atoms with Crippen molar-refractivity contribution in [3.05, 3.63) is 0 Å². The quantitative estimate of drug-likeness (QED) is 0.454. The van der Waals surface area contributed by atoms with Gasteiger partial charge in [-0.15, -0.1) is 0 Å². The second-order valence-electron chi connectivity index (χ2n) is 4.92. The lowest BCUT2D eigenvalue weighted by molar-refractivity contribution is -0.136. The van der Waals surface area contributed by atoms with E-state index in [1.54, 1.807) is 0 Å². The third-order valence-electron chi connectivity index (χ3n) is 2.95. The van der Waals surface area contributed by atoms with Crippen LogP contribution in [0, 0.1) is 0 Å². The van der Waals surface area contributed by atoms with Crippen LogP contribution < -0.4 is 10.6 Å². The SMILES string of the molecule is CCCCNC(=O)CCCCNC(=O)CN(C)C(=O)CO. The number of hydrogen-bond donors (Lipinski definition) is 3. The molecule has 0 saturated heterocycles. The van der Waals surface area contributed by atoms with Crippen LogP contribution in [0.15, 0.2) is 0 Å². The molecule has 0 heterocycles. The van der Waals surface area contributed by atoms with Crippen molar-refractivity contribution in [2.75, 3.05) is 33.3 Å². The first kappa shape index (κ1) is 19.4. The molecule has 0 fully saturated rings. The average Bonchev–Trinajstić information content (AvgIpc) is 2.46. The number of aliphatic hydroxyl groups is 1. The van der Waals surface area contributed by atoms with Gasteiger partial charge in [-0.05, 0) is 19.3 Å². The number of unbranched alkanes of at least 4 members (excludes halogenated alkanes) is 2. The number of aliphatic hydroxyl groups excluding tert-OH is 1. The summed E-state index contributed by atoms with van der Waals surface area (Å²) in [6.07, 6.45) is 3.93. The Morgan fingerprint density at radius 2 is 1.62 bits per heavy atom. The predicted octanol–water partition coefficient (Wildman–Crippen LogP) is -0.360. The van der Waals surface area contributed by atoms with E-state index >= 15 is 0 Å². The molecule has 0 unspecified atom stereocenters. The fraction of sp³-hybridized carbons (Fsp3) is 0.786. The van der Waals surface area contributed by atoms with Crippen molar-refractivity contribution >= 4 is 17.7 Å². The maximum atomic E-state index is 11.5. The number of amides is 3. The predicted molar refractivity (Wildman–Crippen MR) is 79.5 cm³/mol. The van der Waals surface area contributed by atoms with E-state index in [0.29, 0.717) is 25.8 Å². The van der Waals surface area contributed by atoms with Gasteiger partial charge in [-0.1, -0.05) is 13.3 Å². The van der Waals surface area contributed by atoms with E-state index in [1.807, 2.05) is 0 Å². The highest BCUT2D eigenvalue weighted by atomic mass is 16.3. The zero-order valence-electron chi connectivity index (χ0n) is 13.0. The van der Waals surface area contributed by atoms with Crippen LogP contribution in [-0.4, -0.2) is 61.0 Å². The summed E-state index contributed by atoms with van der Waals surface area (Å²) in [5.41, 5.74) is 0. The molecule has 0 radical (unpaired) electrons. The van der Waals surface area contributed by atoms with Gasteiger partial charge in [0.25, 0.3) is 0 Å². The van der Waals surface area contributed by atoms with Crippen molar-refractivity contribution < 1.29 is 19.5 Å². The highest BCUT2D eigenvalue weighted by Crippen LogP contribution is 1.95. The summed E-state index contributed by atoms with van der Waals surface area (Å²) in [5, 5.41) is 14.1. The summed E-state index contributed by atoms with van der Waals surface area (Å²) in [7, 11) is 1.46. The topological polar surface area (TPSA) is 98.7 Å². The number of nitrogens with one attached hydrogen (secondary N) is 2. The zero-order valence-corrected chi connectivity index (χ0v) is 13.0. The number of rotatable bonds is 11. The molecule has 122 valence electrons.